The molecule has 0 aromatic carbocycles. The van der Waals surface area contributed by atoms with E-state index in [4.69, 9.17) is 0 Å². The molecule has 2 aromatic rings. The maximum Gasteiger partial charge on any atom is 0.242 e. The molecule has 5 heteroatoms. The summed E-state index contributed by atoms with van der Waals surface area (Å²) in [7, 11) is 3.82. The molecule has 0 unspecified atom stereocenters. The quantitative estimate of drug-likeness (QED) is 0.894. The van der Waals surface area contributed by atoms with Crippen molar-refractivity contribution in [2.24, 2.45) is 0 Å². The zero-order valence-corrected chi connectivity index (χ0v) is 12.0. The van der Waals surface area contributed by atoms with Gasteiger partial charge in [0.25, 0.3) is 0 Å². The van der Waals surface area contributed by atoms with E-state index in [-0.39, 0.29) is 5.91 Å². The zero-order valence-electron chi connectivity index (χ0n) is 12.0. The van der Waals surface area contributed by atoms with Gasteiger partial charge >= 0.3 is 0 Å². The Morgan fingerprint density at radius 1 is 1.55 bits per heavy atom. The highest BCUT2D eigenvalue weighted by Crippen LogP contribution is 2.26. The Balaban J connectivity index is 1.88. The van der Waals surface area contributed by atoms with Crippen LogP contribution in [0.1, 0.15) is 18.4 Å². The molecular weight excluding hydrogens is 252 g/mol. The number of amides is 1. The summed E-state index contributed by atoms with van der Waals surface area (Å²) in [6.45, 7) is 1.14. The fraction of sp³-hybridized carbons (Fsp3) is 0.467. The van der Waals surface area contributed by atoms with Crippen molar-refractivity contribution in [2.75, 3.05) is 14.1 Å². The zero-order chi connectivity index (χ0) is 14.1. The van der Waals surface area contributed by atoms with Crippen LogP contribution in [0.3, 0.4) is 0 Å². The summed E-state index contributed by atoms with van der Waals surface area (Å²) in [5.41, 5.74) is 2.06. The first-order chi connectivity index (χ1) is 9.70. The number of nitrogens with one attached hydrogen (secondary N) is 1. The molecular formula is C15H20N4O. The van der Waals surface area contributed by atoms with Crippen LogP contribution in [-0.2, 0) is 17.9 Å². The molecule has 106 valence electrons. The molecule has 1 aliphatic rings. The summed E-state index contributed by atoms with van der Waals surface area (Å²) in [6, 6.07) is 4.44. The topological polar surface area (TPSA) is 50.2 Å². The summed E-state index contributed by atoms with van der Waals surface area (Å²) in [5, 5.41) is 4.27. The lowest BCUT2D eigenvalue weighted by Crippen LogP contribution is -2.31. The monoisotopic (exact) mass is 272 g/mol. The molecule has 1 amide bonds. The van der Waals surface area contributed by atoms with E-state index in [1.807, 2.05) is 35.8 Å². The van der Waals surface area contributed by atoms with Crippen molar-refractivity contribution in [2.45, 2.75) is 32.0 Å². The maximum atomic E-state index is 12.3. The highest BCUT2D eigenvalue weighted by Gasteiger charge is 2.29. The number of hydrogen-bond acceptors (Lipinski definition) is 3. The van der Waals surface area contributed by atoms with Crippen molar-refractivity contribution in [1.82, 2.24) is 19.8 Å². The van der Waals surface area contributed by atoms with Crippen molar-refractivity contribution in [3.63, 3.8) is 0 Å². The summed E-state index contributed by atoms with van der Waals surface area (Å²) < 4.78 is 1.96. The first kappa shape index (κ1) is 13.1. The van der Waals surface area contributed by atoms with Crippen molar-refractivity contribution in [1.29, 1.82) is 0 Å². The van der Waals surface area contributed by atoms with Gasteiger partial charge in [-0.05, 0) is 37.6 Å². The van der Waals surface area contributed by atoms with Crippen LogP contribution in [0.4, 0.5) is 0 Å². The van der Waals surface area contributed by atoms with E-state index in [9.17, 15) is 4.79 Å². The van der Waals surface area contributed by atoms with E-state index in [1.165, 1.54) is 5.56 Å². The number of carbonyl (C=O) groups is 1. The molecule has 0 radical (unpaired) electrons. The number of hydrogen-bond donors (Lipinski definition) is 1. The normalized spacial score (nSPS) is 14.7. The third kappa shape index (κ3) is 2.41. The Kier molecular flexibility index (Phi) is 3.44. The molecule has 0 bridgehead atoms. The molecule has 0 atom stereocenters. The van der Waals surface area contributed by atoms with Gasteiger partial charge in [0, 0.05) is 37.4 Å². The van der Waals surface area contributed by atoms with Gasteiger partial charge in [0.15, 0.2) is 0 Å². The molecule has 1 aliphatic carbocycles. The third-order valence-corrected chi connectivity index (χ3v) is 3.88. The highest BCUT2D eigenvalue weighted by atomic mass is 16.2. The van der Waals surface area contributed by atoms with Crippen LogP contribution >= 0.6 is 0 Å². The Hall–Kier alpha value is -1.88. The minimum Gasteiger partial charge on any atom is -0.341 e. The summed E-state index contributed by atoms with van der Waals surface area (Å²) >= 11 is 0. The second kappa shape index (κ2) is 5.25. The molecule has 3 rings (SSSR count). The van der Waals surface area contributed by atoms with Crippen LogP contribution in [0.15, 0.2) is 24.5 Å². The molecule has 0 spiro atoms. The van der Waals surface area contributed by atoms with Crippen LogP contribution in [0, 0.1) is 0 Å². The molecule has 20 heavy (non-hydrogen) atoms. The second-order valence-corrected chi connectivity index (χ2v) is 5.42. The Morgan fingerprint density at radius 3 is 3.05 bits per heavy atom. The molecule has 2 aromatic heterocycles. The highest BCUT2D eigenvalue weighted by molar-refractivity contribution is 5.83. The molecule has 1 N–H and O–H groups in total. The van der Waals surface area contributed by atoms with E-state index < -0.39 is 0 Å². The van der Waals surface area contributed by atoms with Crippen molar-refractivity contribution in [3.05, 3.63) is 30.1 Å². The van der Waals surface area contributed by atoms with Gasteiger partial charge in [0.1, 0.15) is 12.2 Å². The molecule has 1 saturated carbocycles. The number of nitrogens with zero attached hydrogens (tertiary/aromatic N) is 3. The van der Waals surface area contributed by atoms with E-state index in [0.29, 0.717) is 12.6 Å². The minimum absolute atomic E-state index is 0.158. The van der Waals surface area contributed by atoms with Crippen LogP contribution in [0.2, 0.25) is 0 Å². The Morgan fingerprint density at radius 2 is 2.35 bits per heavy atom. The van der Waals surface area contributed by atoms with E-state index in [0.717, 1.165) is 30.4 Å². The van der Waals surface area contributed by atoms with Gasteiger partial charge in [-0.1, -0.05) is 0 Å². The van der Waals surface area contributed by atoms with Crippen LogP contribution in [0.5, 0.6) is 0 Å². The number of aromatic nitrogens is 2. The van der Waals surface area contributed by atoms with Crippen LogP contribution in [0.25, 0.3) is 11.0 Å². The van der Waals surface area contributed by atoms with E-state index >= 15 is 0 Å². The lowest BCUT2D eigenvalue weighted by atomic mass is 10.2. The molecule has 1 fully saturated rings. The third-order valence-electron chi connectivity index (χ3n) is 3.88. The van der Waals surface area contributed by atoms with Gasteiger partial charge < -0.3 is 14.8 Å². The van der Waals surface area contributed by atoms with Crippen molar-refractivity contribution < 1.29 is 4.79 Å². The number of likely N-dealkylation sites (N-methyl/N-ethyl adjacent to an activating group) is 1. The maximum absolute atomic E-state index is 12.3. The SMILES string of the molecule is CNCc1cn(CC(=O)N(C)C2CC2)c2ncccc12. The fourth-order valence-electron chi connectivity index (χ4n) is 2.57. The summed E-state index contributed by atoms with van der Waals surface area (Å²) in [6.07, 6.45) is 6.08. The van der Waals surface area contributed by atoms with Gasteiger partial charge in [-0.2, -0.15) is 0 Å². The van der Waals surface area contributed by atoms with Crippen molar-refractivity contribution in [3.8, 4) is 0 Å². The van der Waals surface area contributed by atoms with Gasteiger partial charge in [0.05, 0.1) is 0 Å². The average Bonchev–Trinajstić information content (AvgIpc) is 3.25. The number of pyridine rings is 1. The predicted octanol–water partition coefficient (Wildman–Crippen LogP) is 1.38. The van der Waals surface area contributed by atoms with E-state index in [1.54, 1.807) is 6.20 Å². The molecule has 2 heterocycles. The summed E-state index contributed by atoms with van der Waals surface area (Å²) in [4.78, 5) is 18.6. The van der Waals surface area contributed by atoms with Gasteiger partial charge in [-0.25, -0.2) is 4.98 Å². The molecule has 0 aliphatic heterocycles. The number of carbonyl (C=O) groups excluding carboxylic acids is 1. The lowest BCUT2D eigenvalue weighted by molar-refractivity contribution is -0.130. The Bertz CT molecular complexity index is 630. The average molecular weight is 272 g/mol. The van der Waals surface area contributed by atoms with Crippen molar-refractivity contribution >= 4 is 16.9 Å². The fourth-order valence-corrected chi connectivity index (χ4v) is 2.57. The first-order valence-corrected chi connectivity index (χ1v) is 7.03. The predicted molar refractivity (Wildman–Crippen MR) is 78.3 cm³/mol. The minimum atomic E-state index is 0.158. The molecule has 5 nitrogen and oxygen atoms in total. The van der Waals surface area contributed by atoms with Crippen LogP contribution < -0.4 is 5.32 Å². The number of rotatable bonds is 5. The van der Waals surface area contributed by atoms with Gasteiger partial charge in [-0.15, -0.1) is 0 Å². The van der Waals surface area contributed by atoms with Gasteiger partial charge in [0.2, 0.25) is 5.91 Å². The Labute approximate surface area is 118 Å². The number of fused-ring (bicyclic) bond motifs is 1. The summed E-state index contributed by atoms with van der Waals surface area (Å²) in [5.74, 6) is 0.158. The largest absolute Gasteiger partial charge is 0.341 e. The van der Waals surface area contributed by atoms with E-state index in [2.05, 4.69) is 16.4 Å². The first-order valence-electron chi connectivity index (χ1n) is 7.03. The molecule has 0 saturated heterocycles. The standard InChI is InChI=1S/C15H20N4O/c1-16-8-11-9-19(15-13(11)4-3-7-17-15)10-14(20)18(2)12-5-6-12/h3-4,7,9,12,16H,5-6,8,10H2,1-2H3. The smallest absolute Gasteiger partial charge is 0.242 e. The second-order valence-electron chi connectivity index (χ2n) is 5.42. The van der Waals surface area contributed by atoms with Gasteiger partial charge in [-0.3, -0.25) is 4.79 Å². The van der Waals surface area contributed by atoms with Crippen LogP contribution in [-0.4, -0.2) is 40.5 Å². The lowest BCUT2D eigenvalue weighted by Gasteiger charge is -2.16.